The summed E-state index contributed by atoms with van der Waals surface area (Å²) < 4.78 is 0. The van der Waals surface area contributed by atoms with E-state index in [2.05, 4.69) is 32.1 Å². The van der Waals surface area contributed by atoms with Gasteiger partial charge in [0, 0.05) is 0 Å². The van der Waals surface area contributed by atoms with Gasteiger partial charge in [0.2, 0.25) is 0 Å². The summed E-state index contributed by atoms with van der Waals surface area (Å²) >= 11 is 1.76. The van der Waals surface area contributed by atoms with Gasteiger partial charge in [-0.15, -0.1) is 0 Å². The second-order valence-corrected chi connectivity index (χ2v) is 2.69. The summed E-state index contributed by atoms with van der Waals surface area (Å²) in [6.07, 6.45) is 5.48. The van der Waals surface area contributed by atoms with Gasteiger partial charge >= 0.3 is 56.7 Å². The van der Waals surface area contributed by atoms with Gasteiger partial charge in [-0.3, -0.25) is 0 Å². The van der Waals surface area contributed by atoms with E-state index in [0.717, 1.165) is 6.71 Å². The van der Waals surface area contributed by atoms with Crippen LogP contribution in [0.1, 0.15) is 6.92 Å². The number of hydrogen-bond acceptors (Lipinski definition) is 1. The summed E-state index contributed by atoms with van der Waals surface area (Å²) in [6, 6.07) is 0. The van der Waals surface area contributed by atoms with Gasteiger partial charge in [0.25, 0.3) is 0 Å². The Bertz CT molecular complexity index is 72.8. The first-order chi connectivity index (χ1) is 3.81. The fourth-order valence-corrected chi connectivity index (χ4v) is 0.774. The van der Waals surface area contributed by atoms with Crippen molar-refractivity contribution in [3.63, 3.8) is 0 Å². The summed E-state index contributed by atoms with van der Waals surface area (Å²) in [5, 5.41) is 0. The van der Waals surface area contributed by atoms with Crippen molar-refractivity contribution in [3.8, 4) is 0 Å². The Morgan fingerprint density at radius 1 is 1.75 bits per heavy atom. The summed E-state index contributed by atoms with van der Waals surface area (Å²) in [6.45, 7) is 5.18. The molecule has 0 aromatic rings. The molecule has 3 heteroatoms. The van der Waals surface area contributed by atoms with Crippen LogP contribution < -0.4 is 0 Å². The molecule has 0 spiro atoms. The third kappa shape index (κ3) is 4.51. The van der Waals surface area contributed by atoms with Crippen LogP contribution in [0.15, 0.2) is 0 Å². The van der Waals surface area contributed by atoms with Crippen molar-refractivity contribution in [1.29, 1.82) is 0 Å². The van der Waals surface area contributed by atoms with E-state index in [1.165, 1.54) is 6.32 Å². The SMILES string of the molecule is CCB(C)/C=B/SC. The van der Waals surface area contributed by atoms with Crippen molar-refractivity contribution in [1.82, 2.24) is 0 Å². The van der Waals surface area contributed by atoms with Crippen molar-refractivity contribution in [2.75, 3.05) is 6.26 Å². The first-order valence-electron chi connectivity index (χ1n) is 3.00. The number of rotatable bonds is 3. The molecule has 0 amide bonds. The Hall–Kier alpha value is 0.350. The molecule has 0 aliphatic heterocycles. The molecular weight excluding hydrogens is 114 g/mol. The first kappa shape index (κ1) is 8.35. The standard InChI is InChI=1S/C5H12B2S/c1-4-7(2)5-6-8-3/h5H,4H2,1-3H3. The summed E-state index contributed by atoms with van der Waals surface area (Å²) in [5.41, 5.74) is 0. The second-order valence-electron chi connectivity index (χ2n) is 1.95. The Balaban J connectivity index is 3.21. The van der Waals surface area contributed by atoms with Gasteiger partial charge in [0.1, 0.15) is 0 Å². The monoisotopic (exact) mass is 126 g/mol. The van der Waals surface area contributed by atoms with Crippen LogP contribution in [-0.2, 0) is 0 Å². The third-order valence-corrected chi connectivity index (χ3v) is 1.62. The fourth-order valence-electron chi connectivity index (χ4n) is 0.349. The quantitative estimate of drug-likeness (QED) is 0.515. The molecule has 0 aromatic heterocycles. The average molecular weight is 126 g/mol. The molecule has 0 aliphatic rings. The summed E-state index contributed by atoms with van der Waals surface area (Å²) in [4.78, 5) is 0. The van der Waals surface area contributed by atoms with Gasteiger partial charge in [-0.25, -0.2) is 0 Å². The van der Waals surface area contributed by atoms with Crippen LogP contribution in [0.2, 0.25) is 13.1 Å². The minimum absolute atomic E-state index is 0.752. The Morgan fingerprint density at radius 3 is 2.75 bits per heavy atom. The van der Waals surface area contributed by atoms with E-state index in [4.69, 9.17) is 0 Å². The molecule has 0 heterocycles. The molecule has 8 heavy (non-hydrogen) atoms. The van der Waals surface area contributed by atoms with Crippen molar-refractivity contribution in [2.24, 2.45) is 0 Å². The van der Waals surface area contributed by atoms with E-state index in [0.29, 0.717) is 0 Å². The molecule has 0 aromatic carbocycles. The molecule has 0 unspecified atom stereocenters. The Labute approximate surface area is 57.3 Å². The molecule has 0 fully saturated rings. The minimum atomic E-state index is 0.752. The summed E-state index contributed by atoms with van der Waals surface area (Å²) in [7, 11) is 0. The van der Waals surface area contributed by atoms with Gasteiger partial charge in [-0.1, -0.05) is 0 Å². The molecule has 44 valence electrons. The predicted octanol–water partition coefficient (Wildman–Crippen LogP) is 1.45. The maximum atomic E-state index is 2.24. The predicted molar refractivity (Wildman–Crippen MR) is 47.4 cm³/mol. The van der Waals surface area contributed by atoms with Crippen molar-refractivity contribution >= 4 is 30.4 Å². The zero-order valence-electron chi connectivity index (χ0n) is 5.85. The normalized spacial score (nSPS) is 9.38. The fraction of sp³-hybridized carbons (Fsp3) is 0.800. The van der Waals surface area contributed by atoms with Gasteiger partial charge in [-0.05, 0) is 0 Å². The molecule has 0 nitrogen and oxygen atoms in total. The van der Waals surface area contributed by atoms with Gasteiger partial charge in [0.05, 0.1) is 0 Å². The average Bonchev–Trinajstić information content (AvgIpc) is 1.83. The Kier molecular flexibility index (Phi) is 5.73. The first-order valence-corrected chi connectivity index (χ1v) is 4.29. The molecule has 0 aliphatic carbocycles. The van der Waals surface area contributed by atoms with E-state index in [1.807, 2.05) is 0 Å². The molecule has 0 saturated carbocycles. The molecule has 0 atom stereocenters. The molecular formula is C5H12B2S. The second kappa shape index (κ2) is 5.49. The van der Waals surface area contributed by atoms with Crippen LogP contribution in [0.4, 0.5) is 0 Å². The third-order valence-electron chi connectivity index (χ3n) is 1.19. The Morgan fingerprint density at radius 2 is 2.38 bits per heavy atom. The van der Waals surface area contributed by atoms with Gasteiger partial charge in [-0.2, -0.15) is 0 Å². The van der Waals surface area contributed by atoms with Crippen molar-refractivity contribution in [3.05, 3.63) is 0 Å². The topological polar surface area (TPSA) is 0 Å². The van der Waals surface area contributed by atoms with Crippen LogP contribution in [0.5, 0.6) is 0 Å². The van der Waals surface area contributed by atoms with Crippen molar-refractivity contribution in [2.45, 2.75) is 20.1 Å². The van der Waals surface area contributed by atoms with Crippen LogP contribution in [0.25, 0.3) is 0 Å². The van der Waals surface area contributed by atoms with E-state index in [1.54, 1.807) is 11.6 Å². The van der Waals surface area contributed by atoms with E-state index in [-0.39, 0.29) is 0 Å². The van der Waals surface area contributed by atoms with Crippen LogP contribution in [0, 0.1) is 0 Å². The van der Waals surface area contributed by atoms with Crippen molar-refractivity contribution < 1.29 is 0 Å². The van der Waals surface area contributed by atoms with E-state index >= 15 is 0 Å². The van der Waals surface area contributed by atoms with Gasteiger partial charge < -0.3 is 0 Å². The van der Waals surface area contributed by atoms with Crippen LogP contribution >= 0.6 is 11.6 Å². The van der Waals surface area contributed by atoms with Crippen LogP contribution in [-0.4, -0.2) is 25.0 Å². The zero-order valence-corrected chi connectivity index (χ0v) is 6.66. The van der Waals surface area contributed by atoms with Gasteiger partial charge in [0.15, 0.2) is 0 Å². The van der Waals surface area contributed by atoms with E-state index < -0.39 is 0 Å². The summed E-state index contributed by atoms with van der Waals surface area (Å²) in [5.74, 6) is 2.24. The van der Waals surface area contributed by atoms with Crippen LogP contribution in [0.3, 0.4) is 0 Å². The molecule has 0 saturated heterocycles. The van der Waals surface area contributed by atoms with E-state index in [9.17, 15) is 0 Å². The molecule has 0 rings (SSSR count). The number of hydrogen-bond donors (Lipinski definition) is 0. The zero-order chi connectivity index (χ0) is 6.41. The molecule has 0 bridgehead atoms. The maximum absolute atomic E-state index is 2.24. The molecule has 0 N–H and O–H groups in total. The molecule has 0 radical (unpaired) electrons.